The highest BCUT2D eigenvalue weighted by Gasteiger charge is 2.22. The molecule has 2 aromatic heterocycles. The molecule has 0 saturated carbocycles. The van der Waals surface area contributed by atoms with E-state index in [1.165, 1.54) is 18.3 Å². The molecule has 0 atom stereocenters. The average molecular weight is 379 g/mol. The lowest BCUT2D eigenvalue weighted by atomic mass is 9.97. The van der Waals surface area contributed by atoms with Gasteiger partial charge in [-0.3, -0.25) is 9.59 Å². The standard InChI is InChI=1S/C17H22N4O2S2/c1-10-15(14-4-3-13(25-14)9-19-11(2)22)20-17(24-10)21-16(23)12-5-7-18-8-6-12/h3-4,12,18H,5-9H2,1-2H3,(H,19,22)(H,20,21,23). The number of carbonyl (C=O) groups is 2. The van der Waals surface area contributed by atoms with E-state index in [2.05, 4.69) is 20.9 Å². The van der Waals surface area contributed by atoms with Gasteiger partial charge in [0, 0.05) is 22.6 Å². The second kappa shape index (κ2) is 8.07. The normalized spacial score (nSPS) is 15.1. The summed E-state index contributed by atoms with van der Waals surface area (Å²) < 4.78 is 0. The number of piperidine rings is 1. The molecule has 25 heavy (non-hydrogen) atoms. The van der Waals surface area contributed by atoms with Crippen molar-refractivity contribution in [3.05, 3.63) is 21.9 Å². The Bertz CT molecular complexity index is 763. The molecule has 0 aliphatic carbocycles. The van der Waals surface area contributed by atoms with E-state index in [9.17, 15) is 9.59 Å². The SMILES string of the molecule is CC(=O)NCc1ccc(-c2nc(NC(=O)C3CCNCC3)sc2C)s1. The van der Waals surface area contributed by atoms with Crippen LogP contribution < -0.4 is 16.0 Å². The maximum Gasteiger partial charge on any atom is 0.229 e. The summed E-state index contributed by atoms with van der Waals surface area (Å²) in [4.78, 5) is 31.2. The molecule has 1 saturated heterocycles. The van der Waals surface area contributed by atoms with E-state index in [0.717, 1.165) is 46.3 Å². The molecule has 0 spiro atoms. The fourth-order valence-electron chi connectivity index (χ4n) is 2.78. The van der Waals surface area contributed by atoms with Gasteiger partial charge in [0.05, 0.1) is 17.1 Å². The Kier molecular flexibility index (Phi) is 5.82. The number of nitrogens with one attached hydrogen (secondary N) is 3. The van der Waals surface area contributed by atoms with Gasteiger partial charge in [-0.1, -0.05) is 0 Å². The van der Waals surface area contributed by atoms with Crippen molar-refractivity contribution in [3.63, 3.8) is 0 Å². The van der Waals surface area contributed by atoms with Crippen LogP contribution in [0.1, 0.15) is 29.5 Å². The summed E-state index contributed by atoms with van der Waals surface area (Å²) in [6.45, 7) is 5.85. The molecule has 8 heteroatoms. The fourth-order valence-corrected chi connectivity index (χ4v) is 4.67. The van der Waals surface area contributed by atoms with Crippen LogP contribution in [0.15, 0.2) is 12.1 Å². The molecular weight excluding hydrogens is 356 g/mol. The molecule has 6 nitrogen and oxygen atoms in total. The van der Waals surface area contributed by atoms with Crippen molar-refractivity contribution >= 4 is 39.6 Å². The highest BCUT2D eigenvalue weighted by atomic mass is 32.1. The maximum absolute atomic E-state index is 12.4. The average Bonchev–Trinajstić information content (AvgIpc) is 3.20. The lowest BCUT2D eigenvalue weighted by molar-refractivity contribution is -0.120. The highest BCUT2D eigenvalue weighted by Crippen LogP contribution is 2.35. The van der Waals surface area contributed by atoms with Gasteiger partial charge in [0.2, 0.25) is 11.8 Å². The first-order valence-corrected chi connectivity index (χ1v) is 9.99. The van der Waals surface area contributed by atoms with Gasteiger partial charge in [-0.15, -0.1) is 22.7 Å². The summed E-state index contributed by atoms with van der Waals surface area (Å²) in [5.41, 5.74) is 0.907. The Morgan fingerprint density at radius 1 is 1.28 bits per heavy atom. The van der Waals surface area contributed by atoms with E-state index in [0.29, 0.717) is 11.7 Å². The predicted octanol–water partition coefficient (Wildman–Crippen LogP) is 2.75. The highest BCUT2D eigenvalue weighted by molar-refractivity contribution is 7.18. The number of rotatable bonds is 5. The number of amides is 2. The summed E-state index contributed by atoms with van der Waals surface area (Å²) in [5.74, 6) is 0.0990. The zero-order valence-electron chi connectivity index (χ0n) is 14.3. The van der Waals surface area contributed by atoms with Gasteiger partial charge in [0.25, 0.3) is 0 Å². The molecule has 2 amide bonds. The molecule has 0 bridgehead atoms. The van der Waals surface area contributed by atoms with Gasteiger partial charge in [0.1, 0.15) is 0 Å². The second-order valence-electron chi connectivity index (χ2n) is 6.11. The minimum atomic E-state index is -0.0392. The smallest absolute Gasteiger partial charge is 0.229 e. The number of aryl methyl sites for hydroxylation is 1. The van der Waals surface area contributed by atoms with Crippen molar-refractivity contribution < 1.29 is 9.59 Å². The molecule has 0 unspecified atom stereocenters. The summed E-state index contributed by atoms with van der Waals surface area (Å²) in [6, 6.07) is 4.02. The van der Waals surface area contributed by atoms with Crippen LogP contribution in [0.25, 0.3) is 10.6 Å². The van der Waals surface area contributed by atoms with E-state index in [1.807, 2.05) is 19.1 Å². The third-order valence-corrected chi connectivity index (χ3v) is 6.12. The predicted molar refractivity (Wildman–Crippen MR) is 102 cm³/mol. The molecule has 134 valence electrons. The minimum absolute atomic E-state index is 0.0392. The van der Waals surface area contributed by atoms with E-state index in [1.54, 1.807) is 11.3 Å². The first-order valence-electron chi connectivity index (χ1n) is 8.35. The Balaban J connectivity index is 1.67. The van der Waals surface area contributed by atoms with Crippen LogP contribution in [0.4, 0.5) is 5.13 Å². The van der Waals surface area contributed by atoms with Gasteiger partial charge < -0.3 is 16.0 Å². The molecule has 3 heterocycles. The Morgan fingerprint density at radius 3 is 2.76 bits per heavy atom. The third-order valence-electron chi connectivity index (χ3n) is 4.14. The number of nitrogens with zero attached hydrogens (tertiary/aromatic N) is 1. The minimum Gasteiger partial charge on any atom is -0.351 e. The maximum atomic E-state index is 12.4. The lowest BCUT2D eigenvalue weighted by Gasteiger charge is -2.20. The van der Waals surface area contributed by atoms with Crippen molar-refractivity contribution in [2.24, 2.45) is 5.92 Å². The Morgan fingerprint density at radius 2 is 2.04 bits per heavy atom. The number of anilines is 1. The molecule has 2 aromatic rings. The van der Waals surface area contributed by atoms with Crippen LogP contribution in [0.3, 0.4) is 0 Å². The summed E-state index contributed by atoms with van der Waals surface area (Å²) in [5, 5.41) is 9.71. The summed E-state index contributed by atoms with van der Waals surface area (Å²) in [7, 11) is 0. The second-order valence-corrected chi connectivity index (χ2v) is 8.48. The van der Waals surface area contributed by atoms with Crippen LogP contribution in [-0.2, 0) is 16.1 Å². The topological polar surface area (TPSA) is 83.1 Å². The molecule has 1 fully saturated rings. The van der Waals surface area contributed by atoms with Crippen LogP contribution in [0, 0.1) is 12.8 Å². The van der Waals surface area contributed by atoms with Crippen LogP contribution in [0.5, 0.6) is 0 Å². The molecule has 3 N–H and O–H groups in total. The largest absolute Gasteiger partial charge is 0.351 e. The van der Waals surface area contributed by atoms with Crippen LogP contribution in [-0.4, -0.2) is 29.9 Å². The number of carbonyl (C=O) groups excluding carboxylic acids is 2. The van der Waals surface area contributed by atoms with E-state index < -0.39 is 0 Å². The van der Waals surface area contributed by atoms with Gasteiger partial charge in [0.15, 0.2) is 5.13 Å². The molecule has 1 aliphatic rings. The monoisotopic (exact) mass is 378 g/mol. The molecule has 0 radical (unpaired) electrons. The molecule has 0 aromatic carbocycles. The Hall–Kier alpha value is -1.77. The van der Waals surface area contributed by atoms with Crippen molar-refractivity contribution in [1.29, 1.82) is 0 Å². The van der Waals surface area contributed by atoms with Crippen molar-refractivity contribution in [3.8, 4) is 10.6 Å². The zero-order chi connectivity index (χ0) is 17.8. The first-order chi connectivity index (χ1) is 12.0. The van der Waals surface area contributed by atoms with Gasteiger partial charge in [-0.25, -0.2) is 4.98 Å². The quantitative estimate of drug-likeness (QED) is 0.747. The summed E-state index contributed by atoms with van der Waals surface area (Å²) in [6.07, 6.45) is 1.75. The van der Waals surface area contributed by atoms with Crippen molar-refractivity contribution in [2.45, 2.75) is 33.2 Å². The number of aromatic nitrogens is 1. The van der Waals surface area contributed by atoms with E-state index >= 15 is 0 Å². The number of thiazole rings is 1. The van der Waals surface area contributed by atoms with Gasteiger partial charge in [-0.2, -0.15) is 0 Å². The lowest BCUT2D eigenvalue weighted by Crippen LogP contribution is -2.34. The van der Waals surface area contributed by atoms with Gasteiger partial charge >= 0.3 is 0 Å². The van der Waals surface area contributed by atoms with Crippen molar-refractivity contribution in [2.75, 3.05) is 18.4 Å². The number of thiophene rings is 1. The first kappa shape index (κ1) is 18.0. The fraction of sp³-hybridized carbons (Fsp3) is 0.471. The van der Waals surface area contributed by atoms with E-state index in [-0.39, 0.29) is 17.7 Å². The third kappa shape index (κ3) is 4.65. The van der Waals surface area contributed by atoms with Crippen LogP contribution >= 0.6 is 22.7 Å². The van der Waals surface area contributed by atoms with Crippen molar-refractivity contribution in [1.82, 2.24) is 15.6 Å². The number of hydrogen-bond donors (Lipinski definition) is 3. The van der Waals surface area contributed by atoms with E-state index in [4.69, 9.17) is 0 Å². The zero-order valence-corrected chi connectivity index (χ0v) is 16.0. The molecule has 1 aliphatic heterocycles. The molecular formula is C17H22N4O2S2. The molecule has 3 rings (SSSR count). The van der Waals surface area contributed by atoms with Gasteiger partial charge in [-0.05, 0) is 45.0 Å². The number of hydrogen-bond acceptors (Lipinski definition) is 6. The summed E-state index contributed by atoms with van der Waals surface area (Å²) >= 11 is 3.12. The van der Waals surface area contributed by atoms with Crippen LogP contribution in [0.2, 0.25) is 0 Å². The Labute approximate surface area is 155 Å².